The first-order valence-electron chi connectivity index (χ1n) is 7.52. The van der Waals surface area contributed by atoms with Gasteiger partial charge < -0.3 is 20.9 Å². The minimum absolute atomic E-state index is 0.00735. The maximum atomic E-state index is 12.9. The Bertz CT molecular complexity index is 378. The van der Waals surface area contributed by atoms with Gasteiger partial charge in [0.25, 0.3) is 0 Å². The number of carbonyl (C=O) groups is 1. The van der Waals surface area contributed by atoms with Gasteiger partial charge in [-0.1, -0.05) is 24.4 Å². The minimum Gasteiger partial charge on any atom is -0.409 e. The number of aliphatic hydroxyl groups is 1. The van der Waals surface area contributed by atoms with Crippen molar-refractivity contribution >= 4 is 11.7 Å². The second-order valence-corrected chi connectivity index (χ2v) is 6.05. The zero-order chi connectivity index (χ0) is 14.6. The topological polar surface area (TPSA) is 99.2 Å². The van der Waals surface area contributed by atoms with Crippen LogP contribution in [0.2, 0.25) is 0 Å². The van der Waals surface area contributed by atoms with Gasteiger partial charge >= 0.3 is 0 Å². The molecule has 1 heterocycles. The third-order valence-corrected chi connectivity index (χ3v) is 4.82. The van der Waals surface area contributed by atoms with Crippen molar-refractivity contribution in [2.24, 2.45) is 22.2 Å². The van der Waals surface area contributed by atoms with Crippen LogP contribution in [0.5, 0.6) is 0 Å². The highest BCUT2D eigenvalue weighted by atomic mass is 16.4. The fourth-order valence-corrected chi connectivity index (χ4v) is 3.57. The maximum absolute atomic E-state index is 12.9. The van der Waals surface area contributed by atoms with E-state index in [9.17, 15) is 4.79 Å². The van der Waals surface area contributed by atoms with Crippen molar-refractivity contribution in [3.05, 3.63) is 0 Å². The number of aliphatic hydroxyl groups excluding tert-OH is 1. The molecule has 1 amide bonds. The minimum atomic E-state index is -0.804. The normalized spacial score (nSPS) is 26.8. The molecule has 2 fully saturated rings. The summed E-state index contributed by atoms with van der Waals surface area (Å²) in [6.45, 7) is 1.56. The van der Waals surface area contributed by atoms with E-state index in [1.807, 2.05) is 4.90 Å². The molecule has 1 saturated carbocycles. The number of carbonyl (C=O) groups excluding carboxylic acids is 1. The molecule has 1 atom stereocenters. The van der Waals surface area contributed by atoms with E-state index in [0.717, 1.165) is 32.1 Å². The van der Waals surface area contributed by atoms with Gasteiger partial charge in [0.1, 0.15) is 5.41 Å². The predicted octanol–water partition coefficient (Wildman–Crippen LogP) is 0.914. The van der Waals surface area contributed by atoms with Crippen LogP contribution in [0, 0.1) is 11.3 Å². The zero-order valence-electron chi connectivity index (χ0n) is 11.9. The van der Waals surface area contributed by atoms with Crippen molar-refractivity contribution in [2.45, 2.75) is 44.9 Å². The van der Waals surface area contributed by atoms with Gasteiger partial charge in [-0.2, -0.15) is 0 Å². The van der Waals surface area contributed by atoms with E-state index in [0.29, 0.717) is 31.8 Å². The number of hydrogen-bond acceptors (Lipinski definition) is 4. The molecule has 1 aliphatic heterocycles. The molecule has 1 saturated heterocycles. The number of amides is 1. The molecule has 6 heteroatoms. The Labute approximate surface area is 119 Å². The van der Waals surface area contributed by atoms with Crippen molar-refractivity contribution in [2.75, 3.05) is 19.7 Å². The van der Waals surface area contributed by atoms with Crippen LogP contribution in [0.25, 0.3) is 0 Å². The number of oxime groups is 1. The average molecular weight is 283 g/mol. The monoisotopic (exact) mass is 283 g/mol. The summed E-state index contributed by atoms with van der Waals surface area (Å²) in [5, 5.41) is 21.2. The molecule has 4 N–H and O–H groups in total. The zero-order valence-corrected chi connectivity index (χ0v) is 11.9. The van der Waals surface area contributed by atoms with Crippen molar-refractivity contribution < 1.29 is 15.1 Å². The van der Waals surface area contributed by atoms with Crippen LogP contribution in [0.3, 0.4) is 0 Å². The summed E-state index contributed by atoms with van der Waals surface area (Å²) in [5.41, 5.74) is 5.05. The average Bonchev–Trinajstić information content (AvgIpc) is 2.95. The summed E-state index contributed by atoms with van der Waals surface area (Å²) in [6.07, 6.45) is 5.98. The number of nitrogens with two attached hydrogens (primary N) is 1. The van der Waals surface area contributed by atoms with Crippen LogP contribution < -0.4 is 5.73 Å². The highest BCUT2D eigenvalue weighted by molar-refractivity contribution is 6.06. The third-order valence-electron chi connectivity index (χ3n) is 4.82. The molecular weight excluding hydrogens is 258 g/mol. The van der Waals surface area contributed by atoms with E-state index in [1.165, 1.54) is 0 Å². The summed E-state index contributed by atoms with van der Waals surface area (Å²) in [4.78, 5) is 14.7. The lowest BCUT2D eigenvalue weighted by molar-refractivity contribution is -0.139. The summed E-state index contributed by atoms with van der Waals surface area (Å²) >= 11 is 0. The number of rotatable bonds is 4. The predicted molar refractivity (Wildman–Crippen MR) is 75.3 cm³/mol. The number of amidine groups is 1. The van der Waals surface area contributed by atoms with E-state index in [2.05, 4.69) is 5.16 Å². The first-order valence-corrected chi connectivity index (χ1v) is 7.52. The molecule has 0 aromatic heterocycles. The van der Waals surface area contributed by atoms with Gasteiger partial charge in [0, 0.05) is 19.7 Å². The number of hydrogen-bond donors (Lipinski definition) is 3. The first-order chi connectivity index (χ1) is 9.64. The first kappa shape index (κ1) is 15.1. The van der Waals surface area contributed by atoms with Crippen molar-refractivity contribution in [1.82, 2.24) is 4.90 Å². The Morgan fingerprint density at radius 2 is 2.05 bits per heavy atom. The Balaban J connectivity index is 2.12. The number of likely N-dealkylation sites (tertiary alicyclic amines) is 1. The van der Waals surface area contributed by atoms with Gasteiger partial charge in [-0.05, 0) is 31.6 Å². The summed E-state index contributed by atoms with van der Waals surface area (Å²) in [5.74, 6) is 0.442. The van der Waals surface area contributed by atoms with Crippen molar-refractivity contribution in [3.63, 3.8) is 0 Å². The molecule has 0 bridgehead atoms. The van der Waals surface area contributed by atoms with Gasteiger partial charge in [0.05, 0.1) is 0 Å². The largest absolute Gasteiger partial charge is 0.409 e. The van der Waals surface area contributed by atoms with Crippen LogP contribution in [0.1, 0.15) is 44.9 Å². The van der Waals surface area contributed by atoms with Gasteiger partial charge in [0.15, 0.2) is 5.84 Å². The Kier molecular flexibility index (Phi) is 4.86. The van der Waals surface area contributed by atoms with E-state index >= 15 is 0 Å². The van der Waals surface area contributed by atoms with Crippen LogP contribution in [0.15, 0.2) is 5.16 Å². The lowest BCUT2D eigenvalue weighted by Gasteiger charge is -2.37. The van der Waals surface area contributed by atoms with E-state index in [4.69, 9.17) is 16.0 Å². The molecule has 0 spiro atoms. The lowest BCUT2D eigenvalue weighted by atomic mass is 9.72. The lowest BCUT2D eigenvalue weighted by Crippen LogP contribution is -2.51. The molecule has 1 aliphatic carbocycles. The van der Waals surface area contributed by atoms with E-state index in [-0.39, 0.29) is 18.3 Å². The molecule has 0 aromatic carbocycles. The number of nitrogens with zero attached hydrogens (tertiary/aromatic N) is 2. The third kappa shape index (κ3) is 2.75. The molecule has 0 radical (unpaired) electrons. The Hall–Kier alpha value is -1.30. The quantitative estimate of drug-likeness (QED) is 0.309. The molecule has 6 nitrogen and oxygen atoms in total. The Morgan fingerprint density at radius 3 is 2.65 bits per heavy atom. The summed E-state index contributed by atoms with van der Waals surface area (Å²) in [6, 6.07) is 0. The van der Waals surface area contributed by atoms with Crippen LogP contribution >= 0.6 is 0 Å². The van der Waals surface area contributed by atoms with Crippen molar-refractivity contribution in [1.29, 1.82) is 0 Å². The van der Waals surface area contributed by atoms with Crippen LogP contribution in [-0.2, 0) is 4.79 Å². The molecule has 20 heavy (non-hydrogen) atoms. The highest BCUT2D eigenvalue weighted by Crippen LogP contribution is 2.39. The fraction of sp³-hybridized carbons (Fsp3) is 0.857. The molecular formula is C14H25N3O3. The van der Waals surface area contributed by atoms with Gasteiger partial charge in [0.2, 0.25) is 5.91 Å². The molecule has 114 valence electrons. The van der Waals surface area contributed by atoms with Gasteiger partial charge in [-0.25, -0.2) is 0 Å². The molecule has 1 unspecified atom stereocenters. The van der Waals surface area contributed by atoms with E-state index in [1.54, 1.807) is 0 Å². The van der Waals surface area contributed by atoms with Crippen molar-refractivity contribution in [3.8, 4) is 0 Å². The van der Waals surface area contributed by atoms with Crippen LogP contribution in [-0.4, -0.2) is 46.7 Å². The molecule has 0 aromatic rings. The molecule has 2 rings (SSSR count). The summed E-state index contributed by atoms with van der Waals surface area (Å²) in [7, 11) is 0. The second-order valence-electron chi connectivity index (χ2n) is 6.05. The van der Waals surface area contributed by atoms with Gasteiger partial charge in [-0.3, -0.25) is 4.79 Å². The van der Waals surface area contributed by atoms with Crippen LogP contribution in [0.4, 0.5) is 0 Å². The molecule has 2 aliphatic rings. The van der Waals surface area contributed by atoms with E-state index < -0.39 is 5.41 Å². The Morgan fingerprint density at radius 1 is 1.35 bits per heavy atom. The summed E-state index contributed by atoms with van der Waals surface area (Å²) < 4.78 is 0. The highest BCUT2D eigenvalue weighted by Gasteiger charge is 2.47. The SMILES string of the molecule is NC(=NO)C1(C(=O)N2CCC(CCO)C2)CCCCC1. The van der Waals surface area contributed by atoms with Gasteiger partial charge in [-0.15, -0.1) is 0 Å². The standard InChI is InChI=1S/C14H25N3O3/c15-12(16-20)14(6-2-1-3-7-14)13(19)17-8-4-11(10-17)5-9-18/h11,18,20H,1-10H2,(H2,15,16). The maximum Gasteiger partial charge on any atom is 0.236 e. The fourth-order valence-electron chi connectivity index (χ4n) is 3.57. The smallest absolute Gasteiger partial charge is 0.236 e. The second kappa shape index (κ2) is 6.43.